The molecule has 124 valence electrons. The minimum absolute atomic E-state index is 0.121. The van der Waals surface area contributed by atoms with E-state index in [4.69, 9.17) is 0 Å². The summed E-state index contributed by atoms with van der Waals surface area (Å²) in [5.74, 6) is 0. The first-order chi connectivity index (χ1) is 11.0. The van der Waals surface area contributed by atoms with Crippen molar-refractivity contribution in [3.8, 4) is 0 Å². The molecule has 1 aliphatic rings. The number of pyridine rings is 1. The maximum atomic E-state index is 13.0. The highest BCUT2D eigenvalue weighted by molar-refractivity contribution is 7.89. The smallest absolute Gasteiger partial charge is 0.246 e. The molecule has 23 heavy (non-hydrogen) atoms. The van der Waals surface area contributed by atoms with E-state index < -0.39 is 10.0 Å². The van der Waals surface area contributed by atoms with Gasteiger partial charge >= 0.3 is 0 Å². The Balaban J connectivity index is 1.95. The van der Waals surface area contributed by atoms with Crippen molar-refractivity contribution in [1.82, 2.24) is 24.4 Å². The predicted molar refractivity (Wildman–Crippen MR) is 86.4 cm³/mol. The minimum Gasteiger partial charge on any atom is -0.313 e. The van der Waals surface area contributed by atoms with Gasteiger partial charge in [0.05, 0.1) is 12.2 Å². The predicted octanol–water partition coefficient (Wildman–Crippen LogP) is 1.19. The molecule has 8 heteroatoms. The summed E-state index contributed by atoms with van der Waals surface area (Å²) in [6, 6.07) is 3.59. The number of rotatable bonds is 4. The van der Waals surface area contributed by atoms with Crippen molar-refractivity contribution in [2.24, 2.45) is 0 Å². The van der Waals surface area contributed by atoms with Crippen LogP contribution in [0.4, 0.5) is 0 Å². The monoisotopic (exact) mass is 335 g/mol. The van der Waals surface area contributed by atoms with E-state index in [2.05, 4.69) is 15.4 Å². The summed E-state index contributed by atoms with van der Waals surface area (Å²) in [6.07, 6.45) is 6.43. The number of sulfonamides is 1. The van der Waals surface area contributed by atoms with Crippen LogP contribution in [0, 0.1) is 0 Å². The van der Waals surface area contributed by atoms with Gasteiger partial charge in [-0.1, -0.05) is 6.07 Å². The molecular weight excluding hydrogens is 314 g/mol. The quantitative estimate of drug-likeness (QED) is 0.908. The van der Waals surface area contributed by atoms with E-state index in [9.17, 15) is 8.42 Å². The van der Waals surface area contributed by atoms with E-state index in [1.54, 1.807) is 27.6 Å². The highest BCUT2D eigenvalue weighted by atomic mass is 32.2. The first-order valence-corrected chi connectivity index (χ1v) is 9.11. The number of hydrogen-bond donors (Lipinski definition) is 1. The Bertz CT molecular complexity index is 757. The second-order valence-corrected chi connectivity index (χ2v) is 7.76. The van der Waals surface area contributed by atoms with Crippen molar-refractivity contribution < 1.29 is 8.42 Å². The van der Waals surface area contributed by atoms with Gasteiger partial charge in [0.2, 0.25) is 10.0 Å². The van der Waals surface area contributed by atoms with Crippen LogP contribution in [-0.2, 0) is 10.0 Å². The zero-order chi connectivity index (χ0) is 16.4. The standard InChI is InChI=1S/C15H21N5O2S/c1-12(2)19-11-14(9-18-19)23(21,22)20-7-6-17-10-15(20)13-4-3-5-16-8-13/h3-5,8-9,11-12,15,17H,6-7,10H2,1-2H3. The average Bonchev–Trinajstić information content (AvgIpc) is 3.07. The molecule has 7 nitrogen and oxygen atoms in total. The molecule has 1 aliphatic heterocycles. The van der Waals surface area contributed by atoms with Crippen molar-refractivity contribution in [1.29, 1.82) is 0 Å². The van der Waals surface area contributed by atoms with Crippen LogP contribution in [0.25, 0.3) is 0 Å². The number of aromatic nitrogens is 3. The zero-order valence-corrected chi connectivity index (χ0v) is 14.1. The number of nitrogens with one attached hydrogen (secondary N) is 1. The van der Waals surface area contributed by atoms with Crippen LogP contribution in [0.1, 0.15) is 31.5 Å². The summed E-state index contributed by atoms with van der Waals surface area (Å²) < 4.78 is 29.3. The van der Waals surface area contributed by atoms with Gasteiger partial charge in [-0.05, 0) is 25.5 Å². The number of piperazine rings is 1. The normalized spacial score (nSPS) is 20.0. The Morgan fingerprint density at radius 1 is 1.35 bits per heavy atom. The average molecular weight is 335 g/mol. The highest BCUT2D eigenvalue weighted by Crippen LogP contribution is 2.28. The van der Waals surface area contributed by atoms with Gasteiger partial charge in [0.15, 0.2) is 0 Å². The molecule has 1 N–H and O–H groups in total. The van der Waals surface area contributed by atoms with Crippen LogP contribution < -0.4 is 5.32 Å². The molecule has 0 spiro atoms. The van der Waals surface area contributed by atoms with E-state index in [1.807, 2.05) is 26.0 Å². The third-order valence-corrected chi connectivity index (χ3v) is 5.84. The molecule has 1 unspecified atom stereocenters. The molecule has 0 amide bonds. The first-order valence-electron chi connectivity index (χ1n) is 7.67. The second-order valence-electron chi connectivity index (χ2n) is 5.87. The molecule has 2 aromatic rings. The molecule has 3 rings (SSSR count). The van der Waals surface area contributed by atoms with E-state index in [1.165, 1.54) is 6.20 Å². The third-order valence-electron chi connectivity index (χ3n) is 3.98. The lowest BCUT2D eigenvalue weighted by Crippen LogP contribution is -2.48. The molecule has 2 aromatic heterocycles. The highest BCUT2D eigenvalue weighted by Gasteiger charge is 2.35. The Morgan fingerprint density at radius 3 is 2.83 bits per heavy atom. The van der Waals surface area contributed by atoms with Crippen molar-refractivity contribution in [3.63, 3.8) is 0 Å². The summed E-state index contributed by atoms with van der Waals surface area (Å²) in [7, 11) is -3.59. The van der Waals surface area contributed by atoms with Crippen molar-refractivity contribution in [3.05, 3.63) is 42.5 Å². The number of nitrogens with zero attached hydrogens (tertiary/aromatic N) is 4. The summed E-state index contributed by atoms with van der Waals surface area (Å²) in [6.45, 7) is 5.56. The molecular formula is C15H21N5O2S. The lowest BCUT2D eigenvalue weighted by molar-refractivity contribution is 0.271. The maximum Gasteiger partial charge on any atom is 0.246 e. The van der Waals surface area contributed by atoms with Gasteiger partial charge in [0, 0.05) is 44.3 Å². The van der Waals surface area contributed by atoms with Crippen LogP contribution in [0.5, 0.6) is 0 Å². The van der Waals surface area contributed by atoms with Gasteiger partial charge in [-0.3, -0.25) is 9.67 Å². The third kappa shape index (κ3) is 3.15. The lowest BCUT2D eigenvalue weighted by Gasteiger charge is -2.34. The Hall–Kier alpha value is -1.77. The second kappa shape index (κ2) is 6.38. The van der Waals surface area contributed by atoms with Gasteiger partial charge < -0.3 is 5.32 Å². The van der Waals surface area contributed by atoms with Gasteiger partial charge in [0.25, 0.3) is 0 Å². The molecule has 1 saturated heterocycles. The molecule has 0 aliphatic carbocycles. The van der Waals surface area contributed by atoms with E-state index in [0.29, 0.717) is 19.6 Å². The first kappa shape index (κ1) is 16.1. The summed E-state index contributed by atoms with van der Waals surface area (Å²) in [5, 5.41) is 7.41. The summed E-state index contributed by atoms with van der Waals surface area (Å²) in [4.78, 5) is 4.35. The molecule has 0 bridgehead atoms. The fourth-order valence-electron chi connectivity index (χ4n) is 2.70. The van der Waals surface area contributed by atoms with Gasteiger partial charge in [-0.2, -0.15) is 9.40 Å². The van der Waals surface area contributed by atoms with Gasteiger partial charge in [0.1, 0.15) is 4.90 Å². The van der Waals surface area contributed by atoms with Crippen molar-refractivity contribution in [2.75, 3.05) is 19.6 Å². The molecule has 0 radical (unpaired) electrons. The Morgan fingerprint density at radius 2 is 2.17 bits per heavy atom. The molecule has 1 fully saturated rings. The van der Waals surface area contributed by atoms with Crippen molar-refractivity contribution >= 4 is 10.0 Å². The van der Waals surface area contributed by atoms with Crippen LogP contribution >= 0.6 is 0 Å². The molecule has 0 saturated carbocycles. The van der Waals surface area contributed by atoms with Crippen LogP contribution in [0.2, 0.25) is 0 Å². The lowest BCUT2D eigenvalue weighted by atomic mass is 10.1. The van der Waals surface area contributed by atoms with Crippen molar-refractivity contribution in [2.45, 2.75) is 30.8 Å². The Labute approximate surface area is 136 Å². The SMILES string of the molecule is CC(C)n1cc(S(=O)(=O)N2CCNCC2c2cccnc2)cn1. The summed E-state index contributed by atoms with van der Waals surface area (Å²) in [5.41, 5.74) is 0.888. The van der Waals surface area contributed by atoms with Gasteiger partial charge in [-0.15, -0.1) is 0 Å². The zero-order valence-electron chi connectivity index (χ0n) is 13.3. The van der Waals surface area contributed by atoms with Crippen LogP contribution in [0.15, 0.2) is 41.8 Å². The molecule has 1 atom stereocenters. The fraction of sp³-hybridized carbons (Fsp3) is 0.467. The maximum absolute atomic E-state index is 13.0. The topological polar surface area (TPSA) is 80.1 Å². The van der Waals surface area contributed by atoms with Crippen LogP contribution in [-0.4, -0.2) is 47.1 Å². The van der Waals surface area contributed by atoms with Crippen LogP contribution in [0.3, 0.4) is 0 Å². The Kier molecular flexibility index (Phi) is 4.47. The molecule has 3 heterocycles. The van der Waals surface area contributed by atoms with E-state index >= 15 is 0 Å². The van der Waals surface area contributed by atoms with Gasteiger partial charge in [-0.25, -0.2) is 8.42 Å². The largest absolute Gasteiger partial charge is 0.313 e. The van der Waals surface area contributed by atoms with E-state index in [0.717, 1.165) is 5.56 Å². The molecule has 0 aromatic carbocycles. The fourth-order valence-corrected chi connectivity index (χ4v) is 4.26. The summed E-state index contributed by atoms with van der Waals surface area (Å²) >= 11 is 0. The minimum atomic E-state index is -3.59. The number of hydrogen-bond acceptors (Lipinski definition) is 5. The van der Waals surface area contributed by atoms with E-state index in [-0.39, 0.29) is 17.0 Å².